The van der Waals surface area contributed by atoms with Gasteiger partial charge in [-0.1, -0.05) is 18.2 Å². The van der Waals surface area contributed by atoms with E-state index in [0.717, 1.165) is 0 Å². The predicted molar refractivity (Wildman–Crippen MR) is 67.8 cm³/mol. The Morgan fingerprint density at radius 3 is 2.58 bits per heavy atom. The molecule has 2 N–H and O–H groups in total. The molecule has 0 aliphatic rings. The Labute approximate surface area is 109 Å². The molecular formula is C13H10N4O2. The molecule has 6 nitrogen and oxygen atoms in total. The number of phenols is 1. The normalized spacial score (nSPS) is 12.2. The number of nitrogens with one attached hydrogen (secondary N) is 1. The van der Waals surface area contributed by atoms with Gasteiger partial charge >= 0.3 is 0 Å². The minimum absolute atomic E-state index is 0.0428. The van der Waals surface area contributed by atoms with E-state index in [0.29, 0.717) is 5.69 Å². The van der Waals surface area contributed by atoms with Crippen molar-refractivity contribution < 1.29 is 10.3 Å². The molecule has 0 fully saturated rings. The molecule has 1 atom stereocenters. The zero-order chi connectivity index (χ0) is 13.7. The predicted octanol–water partition coefficient (Wildman–Crippen LogP) is 1.98. The van der Waals surface area contributed by atoms with Crippen molar-refractivity contribution >= 4 is 11.4 Å². The number of quaternary nitrogens is 1. The van der Waals surface area contributed by atoms with E-state index in [1.54, 1.807) is 24.3 Å². The minimum atomic E-state index is -0.696. The molecule has 19 heavy (non-hydrogen) atoms. The van der Waals surface area contributed by atoms with E-state index >= 15 is 0 Å². The molecule has 0 radical (unpaired) electrons. The third kappa shape index (κ3) is 3.13. The van der Waals surface area contributed by atoms with Crippen LogP contribution in [-0.4, -0.2) is 5.11 Å². The summed E-state index contributed by atoms with van der Waals surface area (Å²) in [7, 11) is 0. The summed E-state index contributed by atoms with van der Waals surface area (Å²) in [5, 5.41) is 36.7. The van der Waals surface area contributed by atoms with Crippen LogP contribution in [0.25, 0.3) is 0 Å². The van der Waals surface area contributed by atoms with Gasteiger partial charge in [0.2, 0.25) is 5.69 Å². The Kier molecular flexibility index (Phi) is 3.83. The summed E-state index contributed by atoms with van der Waals surface area (Å²) in [6.45, 7) is 0. The van der Waals surface area contributed by atoms with Crippen molar-refractivity contribution in [2.45, 2.75) is 0 Å². The highest BCUT2D eigenvalue weighted by atomic mass is 16.5. The molecule has 1 unspecified atom stereocenters. The van der Waals surface area contributed by atoms with Gasteiger partial charge in [-0.3, -0.25) is 0 Å². The highest BCUT2D eigenvalue weighted by Gasteiger charge is 2.10. The van der Waals surface area contributed by atoms with Gasteiger partial charge in [-0.05, 0) is 24.3 Å². The molecule has 2 rings (SSSR count). The smallest absolute Gasteiger partial charge is 0.202 e. The number of phenolic OH excluding ortho intramolecular Hbond substituents is 1. The molecule has 0 aromatic heterocycles. The van der Waals surface area contributed by atoms with Crippen molar-refractivity contribution in [1.29, 1.82) is 5.26 Å². The Morgan fingerprint density at radius 2 is 1.89 bits per heavy atom. The summed E-state index contributed by atoms with van der Waals surface area (Å²) in [4.78, 5) is 0. The Morgan fingerprint density at radius 1 is 1.16 bits per heavy atom. The summed E-state index contributed by atoms with van der Waals surface area (Å²) in [5.74, 6) is -0.226. The Bertz CT molecular complexity index is 635. The monoisotopic (exact) mass is 254 g/mol. The van der Waals surface area contributed by atoms with Crippen LogP contribution in [0, 0.1) is 16.5 Å². The van der Waals surface area contributed by atoms with Crippen molar-refractivity contribution in [2.75, 3.05) is 0 Å². The second-order valence-electron chi connectivity index (χ2n) is 3.68. The summed E-state index contributed by atoms with van der Waals surface area (Å²) in [5.41, 5.74) is 0.765. The number of rotatable bonds is 3. The van der Waals surface area contributed by atoms with Gasteiger partial charge in [-0.25, -0.2) is 0 Å². The van der Waals surface area contributed by atoms with Gasteiger partial charge in [-0.15, -0.1) is 5.11 Å². The van der Waals surface area contributed by atoms with E-state index in [1.807, 2.05) is 12.1 Å². The first-order chi connectivity index (χ1) is 9.20. The topological polar surface area (TPSA) is 96.2 Å². The zero-order valence-corrected chi connectivity index (χ0v) is 9.82. The van der Waals surface area contributed by atoms with Crippen LogP contribution in [0.15, 0.2) is 58.9 Å². The van der Waals surface area contributed by atoms with Crippen LogP contribution in [0.1, 0.15) is 5.56 Å². The number of nitrogens with zero attached hydrogens (tertiary/aromatic N) is 3. The number of hydrogen-bond acceptors (Lipinski definition) is 5. The Hall–Kier alpha value is -2.75. The van der Waals surface area contributed by atoms with E-state index in [1.165, 1.54) is 18.2 Å². The lowest BCUT2D eigenvalue weighted by molar-refractivity contribution is -0.789. The summed E-state index contributed by atoms with van der Waals surface area (Å²) in [6.07, 6.45) is 0. The van der Waals surface area contributed by atoms with Crippen LogP contribution in [0.5, 0.6) is 5.75 Å². The second kappa shape index (κ2) is 5.73. The molecule has 0 aliphatic heterocycles. The largest absolute Gasteiger partial charge is 0.600 e. The van der Waals surface area contributed by atoms with Crippen molar-refractivity contribution in [3.05, 3.63) is 59.3 Å². The molecule has 0 heterocycles. The van der Waals surface area contributed by atoms with Gasteiger partial charge in [-0.2, -0.15) is 10.4 Å². The third-order valence-corrected chi connectivity index (χ3v) is 2.37. The van der Waals surface area contributed by atoms with Crippen LogP contribution in [0.4, 0.5) is 11.4 Å². The van der Waals surface area contributed by atoms with E-state index in [-0.39, 0.29) is 17.0 Å². The van der Waals surface area contributed by atoms with Crippen LogP contribution in [0.3, 0.4) is 0 Å². The summed E-state index contributed by atoms with van der Waals surface area (Å²) < 4.78 is 0. The number of benzene rings is 2. The zero-order valence-electron chi connectivity index (χ0n) is 9.82. The first-order valence-corrected chi connectivity index (χ1v) is 5.45. The van der Waals surface area contributed by atoms with Crippen molar-refractivity contribution in [1.82, 2.24) is 0 Å². The van der Waals surface area contributed by atoms with Gasteiger partial charge in [0.15, 0.2) is 5.75 Å². The summed E-state index contributed by atoms with van der Waals surface area (Å²) >= 11 is 0. The Balaban J connectivity index is 2.23. The average Bonchev–Trinajstić information content (AvgIpc) is 2.46. The second-order valence-corrected chi connectivity index (χ2v) is 3.68. The molecule has 0 spiro atoms. The molecule has 0 bridgehead atoms. The third-order valence-electron chi connectivity index (χ3n) is 2.37. The lowest BCUT2D eigenvalue weighted by atomic mass is 10.2. The van der Waals surface area contributed by atoms with Crippen molar-refractivity contribution in [2.24, 2.45) is 10.3 Å². The highest BCUT2D eigenvalue weighted by Crippen LogP contribution is 2.20. The maximum absolute atomic E-state index is 11.8. The average molecular weight is 254 g/mol. The lowest BCUT2D eigenvalue weighted by Crippen LogP contribution is -2.96. The fraction of sp³-hybridized carbons (Fsp3) is 0. The van der Waals surface area contributed by atoms with Crippen LogP contribution < -0.4 is 5.17 Å². The number of aromatic hydroxyl groups is 1. The molecular weight excluding hydrogens is 244 g/mol. The van der Waals surface area contributed by atoms with E-state index < -0.39 is 5.17 Å². The van der Waals surface area contributed by atoms with Crippen LogP contribution >= 0.6 is 0 Å². The number of nitriles is 1. The van der Waals surface area contributed by atoms with Gasteiger partial charge in [0.05, 0.1) is 17.3 Å². The molecule has 2 aromatic rings. The van der Waals surface area contributed by atoms with Crippen LogP contribution in [-0.2, 0) is 0 Å². The van der Waals surface area contributed by atoms with E-state index in [9.17, 15) is 10.3 Å². The van der Waals surface area contributed by atoms with Gasteiger partial charge in [0.25, 0.3) is 0 Å². The molecule has 0 aliphatic carbocycles. The molecule has 6 heteroatoms. The molecule has 94 valence electrons. The fourth-order valence-electron chi connectivity index (χ4n) is 1.43. The van der Waals surface area contributed by atoms with Gasteiger partial charge in [0.1, 0.15) is 0 Å². The lowest BCUT2D eigenvalue weighted by Gasteiger charge is -2.13. The molecule has 0 saturated heterocycles. The maximum Gasteiger partial charge on any atom is 0.202 e. The standard InChI is InChI=1S/C13H10N4O2/c14-9-10-6-7-13(18)12(8-10)17(19)16-15-11-4-2-1-3-5-11/h1-8,17-18H. The van der Waals surface area contributed by atoms with Crippen molar-refractivity contribution in [3.63, 3.8) is 0 Å². The van der Waals surface area contributed by atoms with Crippen LogP contribution in [0.2, 0.25) is 0 Å². The number of hydrogen-bond donors (Lipinski definition) is 2. The molecule has 0 saturated carbocycles. The van der Waals surface area contributed by atoms with Gasteiger partial charge < -0.3 is 10.3 Å². The highest BCUT2D eigenvalue weighted by molar-refractivity contribution is 5.50. The maximum atomic E-state index is 11.8. The SMILES string of the molecule is N#Cc1ccc(O)c([NH+]([O-])N=Nc2ccccc2)c1. The first-order valence-electron chi connectivity index (χ1n) is 5.45. The fourth-order valence-corrected chi connectivity index (χ4v) is 1.43. The quantitative estimate of drug-likeness (QED) is 0.498. The van der Waals surface area contributed by atoms with Crippen molar-refractivity contribution in [3.8, 4) is 11.8 Å². The summed E-state index contributed by atoms with van der Waals surface area (Å²) in [6, 6.07) is 14.6. The minimum Gasteiger partial charge on any atom is -0.600 e. The molecule has 0 amide bonds. The molecule has 2 aromatic carbocycles. The van der Waals surface area contributed by atoms with Gasteiger partial charge in [0, 0.05) is 11.3 Å². The van der Waals surface area contributed by atoms with E-state index in [2.05, 4.69) is 10.3 Å². The first kappa shape index (κ1) is 12.7. The van der Waals surface area contributed by atoms with E-state index in [4.69, 9.17) is 5.26 Å².